The monoisotopic (exact) mass is 285 g/mol. The van der Waals surface area contributed by atoms with Crippen LogP contribution in [0.2, 0.25) is 0 Å². The zero-order valence-corrected chi connectivity index (χ0v) is 12.9. The Hall–Kier alpha value is -2.01. The fourth-order valence-corrected chi connectivity index (χ4v) is 3.18. The molecule has 0 aliphatic carbocycles. The van der Waals surface area contributed by atoms with Gasteiger partial charge in [-0.1, -0.05) is 12.1 Å². The molecule has 2 aromatic rings. The highest BCUT2D eigenvalue weighted by molar-refractivity contribution is 5.73. The van der Waals surface area contributed by atoms with Crippen LogP contribution in [0.1, 0.15) is 18.5 Å². The Labute approximate surface area is 126 Å². The molecule has 5 nitrogen and oxygen atoms in total. The van der Waals surface area contributed by atoms with Gasteiger partial charge in [-0.2, -0.15) is 5.10 Å². The first kappa shape index (κ1) is 13.9. The summed E-state index contributed by atoms with van der Waals surface area (Å²) in [6.45, 7) is 4.04. The number of anilines is 2. The Morgan fingerprint density at radius 2 is 1.86 bits per heavy atom. The predicted molar refractivity (Wildman–Crippen MR) is 86.7 cm³/mol. The van der Waals surface area contributed by atoms with Crippen LogP contribution in [0.25, 0.3) is 0 Å². The number of aryl methyl sites for hydroxylation is 1. The molecule has 1 aliphatic heterocycles. The number of para-hydroxylation sites is 2. The lowest BCUT2D eigenvalue weighted by Gasteiger charge is -2.42. The lowest BCUT2D eigenvalue weighted by molar-refractivity contribution is 0.522. The molecule has 112 valence electrons. The second kappa shape index (κ2) is 5.41. The van der Waals surface area contributed by atoms with Crippen molar-refractivity contribution in [2.24, 2.45) is 12.8 Å². The summed E-state index contributed by atoms with van der Waals surface area (Å²) in [6, 6.07) is 8.70. The lowest BCUT2D eigenvalue weighted by Crippen LogP contribution is -2.46. The van der Waals surface area contributed by atoms with Gasteiger partial charge < -0.3 is 15.5 Å². The van der Waals surface area contributed by atoms with E-state index in [1.165, 1.54) is 16.9 Å². The van der Waals surface area contributed by atoms with Gasteiger partial charge in [0.05, 0.1) is 23.6 Å². The Balaban J connectivity index is 2.03. The van der Waals surface area contributed by atoms with E-state index in [9.17, 15) is 0 Å². The van der Waals surface area contributed by atoms with Crippen molar-refractivity contribution < 1.29 is 0 Å². The number of nitrogens with zero attached hydrogens (tertiary/aromatic N) is 4. The van der Waals surface area contributed by atoms with Crippen LogP contribution in [-0.2, 0) is 7.05 Å². The number of rotatable bonds is 3. The van der Waals surface area contributed by atoms with Crippen LogP contribution in [0.4, 0.5) is 11.4 Å². The van der Waals surface area contributed by atoms with E-state index in [1.807, 2.05) is 17.9 Å². The van der Waals surface area contributed by atoms with Crippen LogP contribution in [0.5, 0.6) is 0 Å². The largest absolute Gasteiger partial charge is 0.371 e. The minimum absolute atomic E-state index is 0.0330. The maximum atomic E-state index is 6.31. The number of nitrogens with two attached hydrogens (primary N) is 1. The zero-order chi connectivity index (χ0) is 15.0. The molecular formula is C16H23N5. The molecule has 2 unspecified atom stereocenters. The van der Waals surface area contributed by atoms with Crippen molar-refractivity contribution in [2.45, 2.75) is 19.0 Å². The lowest BCUT2D eigenvalue weighted by atomic mass is 10.00. The Bertz CT molecular complexity index is 619. The van der Waals surface area contributed by atoms with Crippen molar-refractivity contribution in [1.82, 2.24) is 9.78 Å². The van der Waals surface area contributed by atoms with Crippen LogP contribution in [0.15, 0.2) is 36.7 Å². The summed E-state index contributed by atoms with van der Waals surface area (Å²) in [4.78, 5) is 4.71. The van der Waals surface area contributed by atoms with Gasteiger partial charge in [0, 0.05) is 45.0 Å². The maximum absolute atomic E-state index is 6.31. The third-order valence-corrected chi connectivity index (χ3v) is 4.18. The molecule has 0 spiro atoms. The molecule has 0 radical (unpaired) electrons. The molecule has 2 N–H and O–H groups in total. The fraction of sp³-hybridized carbons (Fsp3) is 0.438. The maximum Gasteiger partial charge on any atom is 0.0722 e. The normalized spacial score (nSPS) is 17.5. The van der Waals surface area contributed by atoms with Gasteiger partial charge in [0.25, 0.3) is 0 Å². The van der Waals surface area contributed by atoms with Crippen LogP contribution in [0, 0.1) is 0 Å². The standard InChI is InChI=1S/C16H23N5/c1-12(17)16(13-10-18-20(3)11-13)21-9-8-19(2)14-6-4-5-7-15(14)21/h4-7,10-12,16H,8-9,17H2,1-3H3. The van der Waals surface area contributed by atoms with Gasteiger partial charge in [-0.05, 0) is 19.1 Å². The first-order valence-corrected chi connectivity index (χ1v) is 7.39. The highest BCUT2D eigenvalue weighted by atomic mass is 15.3. The molecule has 0 saturated carbocycles. The van der Waals surface area contributed by atoms with Crippen molar-refractivity contribution in [1.29, 1.82) is 0 Å². The quantitative estimate of drug-likeness (QED) is 0.933. The Morgan fingerprint density at radius 3 is 2.48 bits per heavy atom. The van der Waals surface area contributed by atoms with Crippen molar-refractivity contribution in [2.75, 3.05) is 29.9 Å². The van der Waals surface area contributed by atoms with Gasteiger partial charge in [0.2, 0.25) is 0 Å². The van der Waals surface area contributed by atoms with Crippen molar-refractivity contribution >= 4 is 11.4 Å². The van der Waals surface area contributed by atoms with E-state index in [4.69, 9.17) is 5.73 Å². The van der Waals surface area contributed by atoms with E-state index >= 15 is 0 Å². The molecule has 1 aromatic heterocycles. The summed E-state index contributed by atoms with van der Waals surface area (Å²) < 4.78 is 1.84. The van der Waals surface area contributed by atoms with Gasteiger partial charge in [0.15, 0.2) is 0 Å². The fourth-order valence-electron chi connectivity index (χ4n) is 3.18. The third kappa shape index (κ3) is 2.49. The van der Waals surface area contributed by atoms with Crippen molar-refractivity contribution in [3.8, 4) is 0 Å². The highest BCUT2D eigenvalue weighted by Crippen LogP contribution is 2.38. The highest BCUT2D eigenvalue weighted by Gasteiger charge is 2.30. The molecule has 1 aliphatic rings. The van der Waals surface area contributed by atoms with E-state index < -0.39 is 0 Å². The smallest absolute Gasteiger partial charge is 0.0722 e. The molecule has 2 atom stereocenters. The van der Waals surface area contributed by atoms with E-state index in [2.05, 4.69) is 59.3 Å². The summed E-state index contributed by atoms with van der Waals surface area (Å²) >= 11 is 0. The van der Waals surface area contributed by atoms with E-state index in [0.29, 0.717) is 0 Å². The third-order valence-electron chi connectivity index (χ3n) is 4.18. The molecule has 0 fully saturated rings. The van der Waals surface area contributed by atoms with Crippen LogP contribution in [0.3, 0.4) is 0 Å². The topological polar surface area (TPSA) is 50.3 Å². The Morgan fingerprint density at radius 1 is 1.14 bits per heavy atom. The molecule has 5 heteroatoms. The van der Waals surface area contributed by atoms with Crippen LogP contribution < -0.4 is 15.5 Å². The second-order valence-electron chi connectivity index (χ2n) is 5.85. The summed E-state index contributed by atoms with van der Waals surface area (Å²) in [5.41, 5.74) is 9.99. The SMILES string of the molecule is CC(N)C(c1cnn(C)c1)N1CCN(C)c2ccccc21. The van der Waals surface area contributed by atoms with Gasteiger partial charge in [-0.3, -0.25) is 4.68 Å². The number of hydrogen-bond acceptors (Lipinski definition) is 4. The number of fused-ring (bicyclic) bond motifs is 1. The minimum atomic E-state index is 0.0330. The average Bonchev–Trinajstić information content (AvgIpc) is 2.88. The number of benzene rings is 1. The van der Waals surface area contributed by atoms with Crippen LogP contribution >= 0.6 is 0 Å². The molecule has 0 amide bonds. The first-order valence-electron chi connectivity index (χ1n) is 7.39. The predicted octanol–water partition coefficient (Wildman–Crippen LogP) is 1.76. The number of hydrogen-bond donors (Lipinski definition) is 1. The number of aromatic nitrogens is 2. The molecule has 2 heterocycles. The van der Waals surface area contributed by atoms with Crippen molar-refractivity contribution in [3.63, 3.8) is 0 Å². The van der Waals surface area contributed by atoms with E-state index in [0.717, 1.165) is 13.1 Å². The van der Waals surface area contributed by atoms with Crippen molar-refractivity contribution in [3.05, 3.63) is 42.2 Å². The van der Waals surface area contributed by atoms with E-state index in [-0.39, 0.29) is 12.1 Å². The number of likely N-dealkylation sites (N-methyl/N-ethyl adjacent to an activating group) is 1. The molecule has 3 rings (SSSR count). The first-order chi connectivity index (χ1) is 10.1. The second-order valence-corrected chi connectivity index (χ2v) is 5.85. The summed E-state index contributed by atoms with van der Waals surface area (Å²) in [7, 11) is 4.08. The summed E-state index contributed by atoms with van der Waals surface area (Å²) in [6.07, 6.45) is 3.99. The molecule has 0 bridgehead atoms. The summed E-state index contributed by atoms with van der Waals surface area (Å²) in [5, 5.41) is 4.31. The molecule has 21 heavy (non-hydrogen) atoms. The van der Waals surface area contributed by atoms with Gasteiger partial charge >= 0.3 is 0 Å². The summed E-state index contributed by atoms with van der Waals surface area (Å²) in [5.74, 6) is 0. The van der Waals surface area contributed by atoms with Gasteiger partial charge in [-0.15, -0.1) is 0 Å². The molecular weight excluding hydrogens is 262 g/mol. The van der Waals surface area contributed by atoms with Gasteiger partial charge in [-0.25, -0.2) is 0 Å². The van der Waals surface area contributed by atoms with Gasteiger partial charge in [0.1, 0.15) is 0 Å². The zero-order valence-electron chi connectivity index (χ0n) is 12.9. The van der Waals surface area contributed by atoms with E-state index in [1.54, 1.807) is 0 Å². The molecule has 1 aromatic carbocycles. The minimum Gasteiger partial charge on any atom is -0.371 e. The molecule has 0 saturated heterocycles. The average molecular weight is 285 g/mol. The Kier molecular flexibility index (Phi) is 3.59. The van der Waals surface area contributed by atoms with Crippen LogP contribution in [-0.4, -0.2) is 36.0 Å².